The number of hydrogen-bond donors (Lipinski definition) is 1. The van der Waals surface area contributed by atoms with Gasteiger partial charge in [0.05, 0.1) is 20.8 Å². The van der Waals surface area contributed by atoms with Crippen LogP contribution in [0.5, 0.6) is 0 Å². The third-order valence-electron chi connectivity index (χ3n) is 3.28. The fourth-order valence-corrected chi connectivity index (χ4v) is 3.51. The highest BCUT2D eigenvalue weighted by molar-refractivity contribution is 7.18. The molecule has 0 amide bonds. The molecule has 0 aliphatic heterocycles. The molecule has 0 fully saturated rings. The Bertz CT molecular complexity index is 571. The van der Waals surface area contributed by atoms with Crippen LogP contribution in [0.15, 0.2) is 18.2 Å². The summed E-state index contributed by atoms with van der Waals surface area (Å²) in [5.74, 6) is -0.365. The second-order valence-electron chi connectivity index (χ2n) is 4.81. The van der Waals surface area contributed by atoms with E-state index < -0.39 is 5.97 Å². The summed E-state index contributed by atoms with van der Waals surface area (Å²) < 4.78 is 0.979. The third kappa shape index (κ3) is 3.13. The fourth-order valence-electron chi connectivity index (χ4n) is 2.34. The lowest BCUT2D eigenvalue weighted by Crippen LogP contribution is -1.97. The molecular formula is C15H19NO2S. The molecule has 0 aliphatic rings. The second-order valence-corrected chi connectivity index (χ2v) is 5.88. The van der Waals surface area contributed by atoms with Gasteiger partial charge in [0, 0.05) is 5.92 Å². The van der Waals surface area contributed by atoms with Gasteiger partial charge in [-0.25, -0.2) is 9.78 Å². The van der Waals surface area contributed by atoms with Gasteiger partial charge in [-0.2, -0.15) is 0 Å². The molecule has 19 heavy (non-hydrogen) atoms. The van der Waals surface area contributed by atoms with Crippen molar-refractivity contribution in [3.05, 3.63) is 28.8 Å². The number of benzene rings is 1. The molecular weight excluding hydrogens is 258 g/mol. The van der Waals surface area contributed by atoms with Crippen molar-refractivity contribution in [2.24, 2.45) is 0 Å². The monoisotopic (exact) mass is 277 g/mol. The lowest BCUT2D eigenvalue weighted by Gasteiger charge is -2.11. The maximum atomic E-state index is 11.0. The minimum Gasteiger partial charge on any atom is -0.478 e. The Labute approximate surface area is 117 Å². The van der Waals surface area contributed by atoms with Crippen LogP contribution in [0.3, 0.4) is 0 Å². The molecule has 3 nitrogen and oxygen atoms in total. The van der Waals surface area contributed by atoms with Crippen molar-refractivity contribution in [1.29, 1.82) is 0 Å². The maximum Gasteiger partial charge on any atom is 0.335 e. The van der Waals surface area contributed by atoms with E-state index in [9.17, 15) is 4.79 Å². The number of carboxylic acids is 1. The first-order valence-corrected chi connectivity index (χ1v) is 7.61. The molecule has 4 heteroatoms. The number of hydrogen-bond acceptors (Lipinski definition) is 3. The van der Waals surface area contributed by atoms with E-state index in [2.05, 4.69) is 18.8 Å². The first-order chi connectivity index (χ1) is 9.15. The number of carboxylic acid groups (broad SMARTS) is 1. The number of thiazole rings is 1. The first kappa shape index (κ1) is 14.0. The summed E-state index contributed by atoms with van der Waals surface area (Å²) in [4.78, 5) is 15.7. The van der Waals surface area contributed by atoms with Crippen molar-refractivity contribution in [3.8, 4) is 0 Å². The van der Waals surface area contributed by atoms with Gasteiger partial charge in [-0.3, -0.25) is 0 Å². The maximum absolute atomic E-state index is 11.0. The smallest absolute Gasteiger partial charge is 0.335 e. The molecule has 0 spiro atoms. The molecule has 1 heterocycles. The van der Waals surface area contributed by atoms with Crippen molar-refractivity contribution >= 4 is 27.5 Å². The van der Waals surface area contributed by atoms with Gasteiger partial charge in [-0.05, 0) is 31.0 Å². The molecule has 1 aromatic heterocycles. The van der Waals surface area contributed by atoms with Crippen LogP contribution in [0.4, 0.5) is 0 Å². The summed E-state index contributed by atoms with van der Waals surface area (Å²) in [5, 5.41) is 10.2. The number of rotatable bonds is 6. The van der Waals surface area contributed by atoms with Crippen LogP contribution >= 0.6 is 11.3 Å². The Kier molecular flexibility index (Phi) is 4.53. The Balaban J connectivity index is 2.36. The Morgan fingerprint density at radius 3 is 2.58 bits per heavy atom. The highest BCUT2D eigenvalue weighted by Gasteiger charge is 2.15. The standard InChI is InChI=1S/C15H19NO2S/c1-3-5-10(6-4-2)14-16-12-8-7-11(15(17)18)9-13(12)19-14/h7-10H,3-6H2,1-2H3,(H,17,18). The van der Waals surface area contributed by atoms with E-state index in [4.69, 9.17) is 5.11 Å². The predicted molar refractivity (Wildman–Crippen MR) is 79.1 cm³/mol. The topological polar surface area (TPSA) is 50.2 Å². The largest absolute Gasteiger partial charge is 0.478 e. The van der Waals surface area contributed by atoms with Crippen LogP contribution in [0, 0.1) is 0 Å². The van der Waals surface area contributed by atoms with Gasteiger partial charge in [0.2, 0.25) is 0 Å². The average molecular weight is 277 g/mol. The SMILES string of the molecule is CCCC(CCC)c1nc2ccc(C(=O)O)cc2s1. The van der Waals surface area contributed by atoms with Gasteiger partial charge in [-0.1, -0.05) is 26.7 Å². The summed E-state index contributed by atoms with van der Waals surface area (Å²) in [6.45, 7) is 4.39. The quantitative estimate of drug-likeness (QED) is 0.834. The van der Waals surface area contributed by atoms with Crippen molar-refractivity contribution in [2.75, 3.05) is 0 Å². The van der Waals surface area contributed by atoms with Crippen molar-refractivity contribution in [3.63, 3.8) is 0 Å². The summed E-state index contributed by atoms with van der Waals surface area (Å²) in [7, 11) is 0. The number of fused-ring (bicyclic) bond motifs is 1. The minimum atomic E-state index is -0.879. The van der Waals surface area contributed by atoms with Crippen LogP contribution in [0.1, 0.15) is 60.8 Å². The molecule has 0 atom stereocenters. The van der Waals surface area contributed by atoms with Gasteiger partial charge in [0.1, 0.15) is 0 Å². The number of nitrogens with zero attached hydrogens (tertiary/aromatic N) is 1. The van der Waals surface area contributed by atoms with Crippen molar-refractivity contribution in [2.45, 2.75) is 45.4 Å². The van der Waals surface area contributed by atoms with Crippen LogP contribution in [0.25, 0.3) is 10.2 Å². The zero-order chi connectivity index (χ0) is 13.8. The lowest BCUT2D eigenvalue weighted by atomic mass is 9.99. The molecule has 102 valence electrons. The summed E-state index contributed by atoms with van der Waals surface area (Å²) >= 11 is 1.64. The second kappa shape index (κ2) is 6.15. The van der Waals surface area contributed by atoms with Crippen LogP contribution < -0.4 is 0 Å². The lowest BCUT2D eigenvalue weighted by molar-refractivity contribution is 0.0697. The highest BCUT2D eigenvalue weighted by atomic mass is 32.1. The third-order valence-corrected chi connectivity index (χ3v) is 4.46. The predicted octanol–water partition coefficient (Wildman–Crippen LogP) is 4.68. The zero-order valence-electron chi connectivity index (χ0n) is 11.3. The molecule has 2 rings (SSSR count). The number of aromatic nitrogens is 1. The average Bonchev–Trinajstić information content (AvgIpc) is 2.80. The summed E-state index contributed by atoms with van der Waals surface area (Å²) in [5.41, 5.74) is 1.26. The van der Waals surface area contributed by atoms with Crippen LogP contribution in [-0.4, -0.2) is 16.1 Å². The van der Waals surface area contributed by atoms with Gasteiger partial charge in [0.25, 0.3) is 0 Å². The molecule has 0 bridgehead atoms. The van der Waals surface area contributed by atoms with Crippen LogP contribution in [0.2, 0.25) is 0 Å². The fraction of sp³-hybridized carbons (Fsp3) is 0.467. The number of carbonyl (C=O) groups is 1. The van der Waals surface area contributed by atoms with Gasteiger partial charge >= 0.3 is 5.97 Å². The normalized spacial score (nSPS) is 11.3. The zero-order valence-corrected chi connectivity index (χ0v) is 12.2. The highest BCUT2D eigenvalue weighted by Crippen LogP contribution is 2.33. The molecule has 0 unspecified atom stereocenters. The molecule has 0 radical (unpaired) electrons. The Morgan fingerprint density at radius 2 is 2.00 bits per heavy atom. The van der Waals surface area contributed by atoms with Gasteiger partial charge in [0.15, 0.2) is 0 Å². The molecule has 0 saturated carbocycles. The van der Waals surface area contributed by atoms with E-state index in [0.717, 1.165) is 40.9 Å². The molecule has 2 aromatic rings. The summed E-state index contributed by atoms with van der Waals surface area (Å²) in [6.07, 6.45) is 4.61. The Hall–Kier alpha value is -1.42. The molecule has 0 saturated heterocycles. The molecule has 1 aromatic carbocycles. The van der Waals surface area contributed by atoms with E-state index in [1.54, 1.807) is 23.5 Å². The first-order valence-electron chi connectivity index (χ1n) is 6.79. The van der Waals surface area contributed by atoms with Crippen molar-refractivity contribution in [1.82, 2.24) is 4.98 Å². The van der Waals surface area contributed by atoms with Crippen LogP contribution in [-0.2, 0) is 0 Å². The Morgan fingerprint density at radius 1 is 1.32 bits per heavy atom. The number of aromatic carboxylic acids is 1. The summed E-state index contributed by atoms with van der Waals surface area (Å²) in [6, 6.07) is 5.17. The van der Waals surface area contributed by atoms with Gasteiger partial charge in [-0.15, -0.1) is 11.3 Å². The van der Waals surface area contributed by atoms with E-state index in [1.165, 1.54) is 0 Å². The van der Waals surface area contributed by atoms with Crippen molar-refractivity contribution < 1.29 is 9.90 Å². The van der Waals surface area contributed by atoms with E-state index >= 15 is 0 Å². The van der Waals surface area contributed by atoms with E-state index in [0.29, 0.717) is 11.5 Å². The minimum absolute atomic E-state index is 0.338. The molecule has 0 aliphatic carbocycles. The molecule has 1 N–H and O–H groups in total. The van der Waals surface area contributed by atoms with Gasteiger partial charge < -0.3 is 5.11 Å². The van der Waals surface area contributed by atoms with E-state index in [-0.39, 0.29) is 0 Å². The van der Waals surface area contributed by atoms with E-state index in [1.807, 2.05) is 6.07 Å².